The van der Waals surface area contributed by atoms with Gasteiger partial charge >= 0.3 is 0 Å². The van der Waals surface area contributed by atoms with E-state index in [0.717, 1.165) is 12.8 Å². The van der Waals surface area contributed by atoms with Gasteiger partial charge in [-0.05, 0) is 37.0 Å². The van der Waals surface area contributed by atoms with Crippen LogP contribution in [0.5, 0.6) is 5.75 Å². The van der Waals surface area contributed by atoms with Gasteiger partial charge in [0.25, 0.3) is 5.91 Å². The molecule has 6 nitrogen and oxygen atoms in total. The van der Waals surface area contributed by atoms with Crippen LogP contribution >= 0.6 is 24.0 Å². The molecule has 1 aliphatic carbocycles. The van der Waals surface area contributed by atoms with Gasteiger partial charge in [-0.25, -0.2) is 0 Å². The number of fused-ring (bicyclic) bond motifs is 1. The quantitative estimate of drug-likeness (QED) is 0.799. The van der Waals surface area contributed by atoms with Gasteiger partial charge < -0.3 is 25.2 Å². The third-order valence-corrected chi connectivity index (χ3v) is 4.94. The van der Waals surface area contributed by atoms with Crippen LogP contribution in [0.2, 0.25) is 5.02 Å². The lowest BCUT2D eigenvalue weighted by Crippen LogP contribution is -2.51. The van der Waals surface area contributed by atoms with E-state index in [1.807, 2.05) is 4.90 Å². The van der Waals surface area contributed by atoms with Crippen LogP contribution in [0.4, 0.5) is 0 Å². The van der Waals surface area contributed by atoms with Gasteiger partial charge in [-0.2, -0.15) is 0 Å². The number of benzene rings is 1. The van der Waals surface area contributed by atoms with E-state index in [1.54, 1.807) is 18.2 Å². The van der Waals surface area contributed by atoms with Crippen LogP contribution in [0.25, 0.3) is 0 Å². The van der Waals surface area contributed by atoms with Gasteiger partial charge in [0.2, 0.25) is 0 Å². The standard InChI is InChI=1S/C17H23ClN2O4.ClH/c18-12-1-2-15(23-5-3-19)13(9-12)17(22)20-4-6-24-16-8-11(10-21)7-14(16)20;/h1-2,9,11,14,16,21H,3-8,10,19H2;1H/t11-,14+,16+;/m1./s1. The fourth-order valence-corrected chi connectivity index (χ4v) is 3.74. The highest BCUT2D eigenvalue weighted by Crippen LogP contribution is 2.35. The first-order valence-corrected chi connectivity index (χ1v) is 8.67. The molecule has 1 aromatic rings. The lowest BCUT2D eigenvalue weighted by molar-refractivity contribution is -0.0449. The van der Waals surface area contributed by atoms with Crippen molar-refractivity contribution in [3.8, 4) is 5.75 Å². The fraction of sp³-hybridized carbons (Fsp3) is 0.588. The molecule has 1 saturated heterocycles. The molecule has 1 aromatic carbocycles. The van der Waals surface area contributed by atoms with Gasteiger partial charge in [0.15, 0.2) is 0 Å². The maximum Gasteiger partial charge on any atom is 0.258 e. The van der Waals surface area contributed by atoms with Gasteiger partial charge in [-0.3, -0.25) is 4.79 Å². The molecule has 0 unspecified atom stereocenters. The summed E-state index contributed by atoms with van der Waals surface area (Å²) in [6.45, 7) is 1.87. The van der Waals surface area contributed by atoms with E-state index < -0.39 is 0 Å². The molecular weight excluding hydrogens is 367 g/mol. The Balaban J connectivity index is 0.00000225. The predicted molar refractivity (Wildman–Crippen MR) is 97.6 cm³/mol. The molecule has 0 bridgehead atoms. The molecular formula is C17H24Cl2N2O4. The summed E-state index contributed by atoms with van der Waals surface area (Å²) in [5, 5.41) is 9.91. The number of carbonyl (C=O) groups is 1. The average Bonchev–Trinajstić information content (AvgIpc) is 3.03. The zero-order chi connectivity index (χ0) is 17.1. The summed E-state index contributed by atoms with van der Waals surface area (Å²) in [5.41, 5.74) is 5.94. The number of ether oxygens (including phenoxy) is 2. The van der Waals surface area contributed by atoms with E-state index in [2.05, 4.69) is 0 Å². The van der Waals surface area contributed by atoms with Crippen molar-refractivity contribution in [2.45, 2.75) is 25.0 Å². The van der Waals surface area contributed by atoms with E-state index in [0.29, 0.717) is 42.6 Å². The number of nitrogens with two attached hydrogens (primary N) is 1. The summed E-state index contributed by atoms with van der Waals surface area (Å²) in [7, 11) is 0. The van der Waals surface area contributed by atoms with Crippen LogP contribution in [-0.4, -0.2) is 61.0 Å². The zero-order valence-electron chi connectivity index (χ0n) is 13.9. The first-order chi connectivity index (χ1) is 11.6. The molecule has 1 heterocycles. The van der Waals surface area contributed by atoms with Crippen LogP contribution < -0.4 is 10.5 Å². The minimum Gasteiger partial charge on any atom is -0.491 e. The Morgan fingerprint density at radius 3 is 2.96 bits per heavy atom. The van der Waals surface area contributed by atoms with E-state index in [9.17, 15) is 9.90 Å². The van der Waals surface area contributed by atoms with Gasteiger partial charge in [-0.1, -0.05) is 11.6 Å². The molecule has 3 rings (SSSR count). The number of morpholine rings is 1. The van der Waals surface area contributed by atoms with Gasteiger partial charge in [0, 0.05) is 24.7 Å². The molecule has 2 fully saturated rings. The van der Waals surface area contributed by atoms with Crippen LogP contribution in [0.15, 0.2) is 18.2 Å². The average molecular weight is 391 g/mol. The highest BCUT2D eigenvalue weighted by molar-refractivity contribution is 6.31. The minimum absolute atomic E-state index is 0. The Bertz CT molecular complexity index is 602. The second kappa shape index (κ2) is 9.05. The van der Waals surface area contributed by atoms with Crippen LogP contribution in [-0.2, 0) is 4.74 Å². The number of rotatable bonds is 5. The number of hydrogen-bond donors (Lipinski definition) is 2. The topological polar surface area (TPSA) is 85.0 Å². The molecule has 1 amide bonds. The number of halogens is 2. The number of nitrogens with zero attached hydrogens (tertiary/aromatic N) is 1. The Labute approximate surface area is 158 Å². The second-order valence-electron chi connectivity index (χ2n) is 6.27. The van der Waals surface area contributed by atoms with Crippen molar-refractivity contribution in [2.24, 2.45) is 11.7 Å². The van der Waals surface area contributed by atoms with Crippen molar-refractivity contribution < 1.29 is 19.4 Å². The van der Waals surface area contributed by atoms with Crippen molar-refractivity contribution >= 4 is 29.9 Å². The van der Waals surface area contributed by atoms with Crippen molar-refractivity contribution in [1.29, 1.82) is 0 Å². The Kier molecular flexibility index (Phi) is 7.34. The van der Waals surface area contributed by atoms with Crippen LogP contribution in [0, 0.1) is 5.92 Å². The predicted octanol–water partition coefficient (Wildman–Crippen LogP) is 1.71. The molecule has 25 heavy (non-hydrogen) atoms. The lowest BCUT2D eigenvalue weighted by atomic mass is 10.1. The largest absolute Gasteiger partial charge is 0.491 e. The molecule has 0 aromatic heterocycles. The summed E-state index contributed by atoms with van der Waals surface area (Å²) in [5.74, 6) is 0.566. The zero-order valence-corrected chi connectivity index (χ0v) is 15.5. The van der Waals surface area contributed by atoms with E-state index >= 15 is 0 Å². The maximum absolute atomic E-state index is 13.1. The molecule has 1 saturated carbocycles. The summed E-state index contributed by atoms with van der Waals surface area (Å²) in [4.78, 5) is 14.9. The fourth-order valence-electron chi connectivity index (χ4n) is 3.57. The Morgan fingerprint density at radius 1 is 1.44 bits per heavy atom. The molecule has 2 aliphatic rings. The minimum atomic E-state index is -0.110. The number of aliphatic hydroxyl groups excluding tert-OH is 1. The normalized spacial score (nSPS) is 25.2. The molecule has 0 spiro atoms. The summed E-state index contributed by atoms with van der Waals surface area (Å²) in [6.07, 6.45) is 1.54. The number of carbonyl (C=O) groups excluding carboxylic acids is 1. The Morgan fingerprint density at radius 2 is 2.24 bits per heavy atom. The Hall–Kier alpha value is -1.05. The van der Waals surface area contributed by atoms with Crippen molar-refractivity contribution in [2.75, 3.05) is 32.9 Å². The first-order valence-electron chi connectivity index (χ1n) is 8.30. The molecule has 3 N–H and O–H groups in total. The van der Waals surface area contributed by atoms with Crippen molar-refractivity contribution in [3.05, 3.63) is 28.8 Å². The smallest absolute Gasteiger partial charge is 0.258 e. The first kappa shape index (κ1) is 20.3. The van der Waals surface area contributed by atoms with Gasteiger partial charge in [0.05, 0.1) is 24.3 Å². The van der Waals surface area contributed by atoms with Crippen LogP contribution in [0.1, 0.15) is 23.2 Å². The monoisotopic (exact) mass is 390 g/mol. The number of amides is 1. The van der Waals surface area contributed by atoms with Crippen molar-refractivity contribution in [1.82, 2.24) is 4.90 Å². The van der Waals surface area contributed by atoms with E-state index in [1.165, 1.54) is 0 Å². The molecule has 3 atom stereocenters. The number of aliphatic hydroxyl groups is 1. The van der Waals surface area contributed by atoms with Crippen LogP contribution in [0.3, 0.4) is 0 Å². The van der Waals surface area contributed by atoms with E-state index in [4.69, 9.17) is 26.8 Å². The van der Waals surface area contributed by atoms with Gasteiger partial charge in [-0.15, -0.1) is 12.4 Å². The third-order valence-electron chi connectivity index (χ3n) is 4.70. The SMILES string of the molecule is Cl.NCCOc1ccc(Cl)cc1C(=O)N1CCO[C@H]2C[C@H](CO)C[C@@H]21. The third kappa shape index (κ3) is 4.38. The lowest BCUT2D eigenvalue weighted by Gasteiger charge is -2.38. The number of hydrogen-bond acceptors (Lipinski definition) is 5. The molecule has 140 valence electrons. The summed E-state index contributed by atoms with van der Waals surface area (Å²) >= 11 is 6.08. The molecule has 1 aliphatic heterocycles. The summed E-state index contributed by atoms with van der Waals surface area (Å²) in [6, 6.07) is 5.03. The van der Waals surface area contributed by atoms with Crippen molar-refractivity contribution in [3.63, 3.8) is 0 Å². The highest BCUT2D eigenvalue weighted by Gasteiger charge is 2.43. The summed E-state index contributed by atoms with van der Waals surface area (Å²) < 4.78 is 11.4. The molecule has 8 heteroatoms. The highest BCUT2D eigenvalue weighted by atomic mass is 35.5. The second-order valence-corrected chi connectivity index (χ2v) is 6.71. The molecule has 0 radical (unpaired) electrons. The van der Waals surface area contributed by atoms with E-state index in [-0.39, 0.29) is 43.0 Å². The maximum atomic E-state index is 13.1. The van der Waals surface area contributed by atoms with Gasteiger partial charge in [0.1, 0.15) is 12.4 Å².